The maximum Gasteiger partial charge on any atom is 2.00 e. The van der Waals surface area contributed by atoms with E-state index in [1.54, 1.807) is 0 Å². The van der Waals surface area contributed by atoms with Gasteiger partial charge >= 0.3 is 31.1 Å². The number of piperidine rings is 1. The van der Waals surface area contributed by atoms with E-state index in [0.717, 1.165) is 13.1 Å². The Labute approximate surface area is 106 Å². The van der Waals surface area contributed by atoms with Gasteiger partial charge in [-0.2, -0.15) is 0 Å². The van der Waals surface area contributed by atoms with E-state index in [9.17, 15) is 0 Å². The van der Waals surface area contributed by atoms with Crippen molar-refractivity contribution in [2.75, 3.05) is 26.2 Å². The maximum atomic E-state index is 3.85. The van der Waals surface area contributed by atoms with Gasteiger partial charge in [-0.25, -0.2) is 0 Å². The molecule has 0 bridgehead atoms. The summed E-state index contributed by atoms with van der Waals surface area (Å²) < 4.78 is 2.37. The fraction of sp³-hybridized carbons (Fsp3) is 0.700. The van der Waals surface area contributed by atoms with Crippen molar-refractivity contribution >= 4 is 6.34 Å². The minimum absolute atomic E-state index is 0. The molecule has 1 rings (SSSR count). The predicted molar refractivity (Wildman–Crippen MR) is 52.2 cm³/mol. The SMILES string of the molecule is [CH2-]CN(C=[N+]1CCCCC1)C[CH2-].[U+2]. The first kappa shape index (κ1) is 13.5. The molecule has 72 valence electrons. The normalized spacial score (nSPS) is 16.3. The van der Waals surface area contributed by atoms with Crippen molar-refractivity contribution in [2.24, 2.45) is 0 Å². The summed E-state index contributed by atoms with van der Waals surface area (Å²) in [5.41, 5.74) is 0. The van der Waals surface area contributed by atoms with E-state index >= 15 is 0 Å². The van der Waals surface area contributed by atoms with Crippen molar-refractivity contribution in [2.45, 2.75) is 19.3 Å². The molecule has 0 saturated carbocycles. The van der Waals surface area contributed by atoms with Crippen LogP contribution in [0.1, 0.15) is 19.3 Å². The average molecular weight is 405 g/mol. The van der Waals surface area contributed by atoms with Crippen LogP contribution in [0.15, 0.2) is 0 Å². The standard InChI is InChI=1S/C10H19N2.U/c1-3-11(4-2)10-12-8-6-5-7-9-12;/h10H,1-9H2;/q-1;+2. The molecular weight excluding hydrogens is 386 g/mol. The second-order valence-electron chi connectivity index (χ2n) is 3.25. The van der Waals surface area contributed by atoms with E-state index in [0.29, 0.717) is 0 Å². The third kappa shape index (κ3) is 5.08. The molecule has 1 fully saturated rings. The second-order valence-corrected chi connectivity index (χ2v) is 3.25. The molecule has 0 unspecified atom stereocenters. The van der Waals surface area contributed by atoms with Crippen LogP contribution in [0.25, 0.3) is 0 Å². The van der Waals surface area contributed by atoms with Crippen LogP contribution >= 0.6 is 0 Å². The van der Waals surface area contributed by atoms with E-state index in [2.05, 4.69) is 29.7 Å². The molecule has 0 radical (unpaired) electrons. The molecule has 3 heteroatoms. The van der Waals surface area contributed by atoms with Gasteiger partial charge < -0.3 is 18.7 Å². The topological polar surface area (TPSA) is 6.25 Å². The van der Waals surface area contributed by atoms with Crippen LogP contribution in [0.2, 0.25) is 0 Å². The molecule has 1 aliphatic heterocycles. The molecule has 13 heavy (non-hydrogen) atoms. The first-order valence-corrected chi connectivity index (χ1v) is 4.78. The Balaban J connectivity index is 0.00000144. The first-order valence-electron chi connectivity index (χ1n) is 4.78. The molecule has 0 aromatic rings. The van der Waals surface area contributed by atoms with Gasteiger partial charge in [0.05, 0.1) is 13.1 Å². The van der Waals surface area contributed by atoms with Gasteiger partial charge in [0, 0.05) is 0 Å². The number of hydrogen-bond acceptors (Lipinski definition) is 0. The zero-order chi connectivity index (χ0) is 8.81. The molecule has 1 saturated heterocycles. The average Bonchev–Trinajstić information content (AvgIpc) is 2.16. The van der Waals surface area contributed by atoms with Crippen LogP contribution in [0.5, 0.6) is 0 Å². The molecule has 0 aromatic heterocycles. The van der Waals surface area contributed by atoms with Crippen LogP contribution in [0, 0.1) is 45.0 Å². The molecule has 0 atom stereocenters. The summed E-state index contributed by atoms with van der Waals surface area (Å²) in [4.78, 5) is 2.14. The summed E-state index contributed by atoms with van der Waals surface area (Å²) >= 11 is 0. The van der Waals surface area contributed by atoms with Gasteiger partial charge in [-0.1, -0.05) is 0 Å². The van der Waals surface area contributed by atoms with Crippen molar-refractivity contribution in [1.29, 1.82) is 0 Å². The van der Waals surface area contributed by atoms with Crippen molar-refractivity contribution in [3.8, 4) is 0 Å². The largest absolute Gasteiger partial charge is 2.00 e. The quantitative estimate of drug-likeness (QED) is 0.389. The Kier molecular flexibility index (Phi) is 8.20. The van der Waals surface area contributed by atoms with Gasteiger partial charge in [-0.05, 0) is 32.4 Å². The summed E-state index contributed by atoms with van der Waals surface area (Å²) in [6.07, 6.45) is 6.23. The summed E-state index contributed by atoms with van der Waals surface area (Å²) in [6, 6.07) is 0. The molecule has 1 heterocycles. The Morgan fingerprint density at radius 1 is 1.08 bits per heavy atom. The van der Waals surface area contributed by atoms with E-state index in [4.69, 9.17) is 0 Å². The van der Waals surface area contributed by atoms with Gasteiger partial charge in [-0.15, -0.1) is 0 Å². The van der Waals surface area contributed by atoms with Crippen molar-refractivity contribution in [3.05, 3.63) is 13.8 Å². The predicted octanol–water partition coefficient (Wildman–Crippen LogP) is 1.18. The van der Waals surface area contributed by atoms with Crippen LogP contribution in [-0.2, 0) is 0 Å². The molecule has 0 amide bonds. The van der Waals surface area contributed by atoms with E-state index in [1.807, 2.05) is 0 Å². The first-order chi connectivity index (χ1) is 5.86. The second kappa shape index (κ2) is 7.88. The third-order valence-corrected chi connectivity index (χ3v) is 2.29. The van der Waals surface area contributed by atoms with Gasteiger partial charge in [0.15, 0.2) is 0 Å². The van der Waals surface area contributed by atoms with Crippen LogP contribution < -0.4 is 0 Å². The summed E-state index contributed by atoms with van der Waals surface area (Å²) in [7, 11) is 0. The van der Waals surface area contributed by atoms with Gasteiger partial charge in [0.2, 0.25) is 6.34 Å². The monoisotopic (exact) mass is 405 g/mol. The van der Waals surface area contributed by atoms with Crippen molar-refractivity contribution < 1.29 is 35.7 Å². The Bertz CT molecular complexity index is 145. The van der Waals surface area contributed by atoms with Crippen molar-refractivity contribution in [3.63, 3.8) is 0 Å². The van der Waals surface area contributed by atoms with Crippen LogP contribution in [-0.4, -0.2) is 42.0 Å². The number of hydrogen-bond donors (Lipinski definition) is 0. The smallest absolute Gasteiger partial charge is 0.327 e. The third-order valence-electron chi connectivity index (χ3n) is 2.29. The maximum absolute atomic E-state index is 3.85. The summed E-state index contributed by atoms with van der Waals surface area (Å²) in [5, 5.41) is 0. The van der Waals surface area contributed by atoms with Crippen molar-refractivity contribution in [1.82, 2.24) is 4.90 Å². The number of rotatable bonds is 3. The van der Waals surface area contributed by atoms with Crippen LogP contribution in [0.4, 0.5) is 0 Å². The molecule has 0 aliphatic carbocycles. The summed E-state index contributed by atoms with van der Waals surface area (Å²) in [6.45, 7) is 11.7. The molecule has 1 aliphatic rings. The minimum Gasteiger partial charge on any atom is -0.327 e. The van der Waals surface area contributed by atoms with Gasteiger partial charge in [-0.3, -0.25) is 4.58 Å². The van der Waals surface area contributed by atoms with Crippen LogP contribution in [0.3, 0.4) is 0 Å². The molecular formula is C10H19N2U+. The fourth-order valence-corrected chi connectivity index (χ4v) is 1.49. The molecule has 0 N–H and O–H groups in total. The van der Waals surface area contributed by atoms with E-state index < -0.39 is 0 Å². The summed E-state index contributed by atoms with van der Waals surface area (Å²) in [5.74, 6) is 0. The van der Waals surface area contributed by atoms with E-state index in [-0.39, 0.29) is 31.1 Å². The van der Waals surface area contributed by atoms with Gasteiger partial charge in [0.25, 0.3) is 0 Å². The number of nitrogens with zero attached hydrogens (tertiary/aromatic N) is 2. The van der Waals surface area contributed by atoms with E-state index in [1.165, 1.54) is 32.4 Å². The molecule has 0 spiro atoms. The molecule has 2 nitrogen and oxygen atoms in total. The Morgan fingerprint density at radius 3 is 2.08 bits per heavy atom. The minimum atomic E-state index is 0. The zero-order valence-electron chi connectivity index (χ0n) is 8.34. The Morgan fingerprint density at radius 2 is 1.62 bits per heavy atom. The zero-order valence-corrected chi connectivity index (χ0v) is 12.5. The van der Waals surface area contributed by atoms with Gasteiger partial charge in [0.1, 0.15) is 0 Å². The Hall–Kier alpha value is 0.522. The fourth-order valence-electron chi connectivity index (χ4n) is 1.49. The molecule has 0 aromatic carbocycles.